The summed E-state index contributed by atoms with van der Waals surface area (Å²) in [6.45, 7) is 3.70. The van der Waals surface area contributed by atoms with Gasteiger partial charge in [-0.3, -0.25) is 19.2 Å². The van der Waals surface area contributed by atoms with E-state index in [2.05, 4.69) is 20.9 Å². The molecule has 1 heterocycles. The molecule has 0 saturated carbocycles. The van der Waals surface area contributed by atoms with Crippen LogP contribution in [0.1, 0.15) is 44.2 Å². The van der Waals surface area contributed by atoms with Crippen molar-refractivity contribution in [3.8, 4) is 5.75 Å². The third-order valence-corrected chi connectivity index (χ3v) is 7.10. The second-order valence-electron chi connectivity index (χ2n) is 11.2. The zero-order valence-electron chi connectivity index (χ0n) is 24.7. The number of fused-ring (bicyclic) bond motifs is 1. The number of para-hydroxylation sites is 1. The Morgan fingerprint density at radius 2 is 1.45 bits per heavy atom. The fraction of sp³-hybridized carbons (Fsp3) is 0.387. The van der Waals surface area contributed by atoms with Crippen LogP contribution < -0.4 is 27.4 Å². The van der Waals surface area contributed by atoms with Crippen LogP contribution in [0.15, 0.2) is 54.7 Å². The van der Waals surface area contributed by atoms with Gasteiger partial charge in [-0.05, 0) is 48.1 Å². The number of aromatic amines is 1. The van der Waals surface area contributed by atoms with Gasteiger partial charge in [0.2, 0.25) is 23.6 Å². The summed E-state index contributed by atoms with van der Waals surface area (Å²) in [6, 6.07) is 8.72. The third kappa shape index (κ3) is 9.83. The van der Waals surface area contributed by atoms with Gasteiger partial charge in [0.05, 0.1) is 6.04 Å². The molecule has 13 heteroatoms. The van der Waals surface area contributed by atoms with E-state index < -0.39 is 53.8 Å². The Kier molecular flexibility index (Phi) is 11.9. The van der Waals surface area contributed by atoms with Crippen LogP contribution in [0, 0.1) is 5.92 Å². The van der Waals surface area contributed by atoms with Gasteiger partial charge in [-0.15, -0.1) is 0 Å². The van der Waals surface area contributed by atoms with Crippen molar-refractivity contribution >= 4 is 40.5 Å². The number of amides is 4. The maximum absolute atomic E-state index is 13.6. The number of benzene rings is 2. The van der Waals surface area contributed by atoms with Crippen LogP contribution in [0.5, 0.6) is 5.75 Å². The monoisotopic (exact) mass is 608 g/mol. The highest BCUT2D eigenvalue weighted by Crippen LogP contribution is 2.19. The molecule has 4 amide bonds. The summed E-state index contributed by atoms with van der Waals surface area (Å²) in [5, 5.41) is 28.2. The van der Waals surface area contributed by atoms with E-state index in [1.54, 1.807) is 18.3 Å². The molecule has 0 bridgehead atoms. The number of phenolic OH excluding ortho intramolecular Hbond substituents is 1. The molecule has 3 aromatic rings. The van der Waals surface area contributed by atoms with Crippen LogP contribution in [0.25, 0.3) is 10.9 Å². The summed E-state index contributed by atoms with van der Waals surface area (Å²) in [6.07, 6.45) is 1.74. The van der Waals surface area contributed by atoms with E-state index in [9.17, 15) is 34.2 Å². The number of carboxylic acids is 1. The van der Waals surface area contributed by atoms with E-state index in [1.807, 2.05) is 38.1 Å². The Hall–Kier alpha value is -4.91. The molecule has 3 rings (SSSR count). The van der Waals surface area contributed by atoms with Gasteiger partial charge < -0.3 is 42.6 Å². The highest BCUT2D eigenvalue weighted by atomic mass is 16.4. The van der Waals surface area contributed by atoms with Gasteiger partial charge in [-0.1, -0.05) is 44.2 Å². The van der Waals surface area contributed by atoms with Crippen molar-refractivity contribution in [1.82, 2.24) is 20.9 Å². The molecule has 4 atom stereocenters. The van der Waals surface area contributed by atoms with Gasteiger partial charge in [0.1, 0.15) is 23.9 Å². The topological polar surface area (TPSA) is 230 Å². The zero-order valence-corrected chi connectivity index (χ0v) is 24.7. The molecule has 2 aromatic carbocycles. The van der Waals surface area contributed by atoms with Crippen LogP contribution in [0.3, 0.4) is 0 Å². The molecule has 236 valence electrons. The smallest absolute Gasteiger partial charge is 0.326 e. The lowest BCUT2D eigenvalue weighted by atomic mass is 9.99. The standard InChI is InChI=1S/C31H40N6O7/c1-17(2)13-24(29(41)37-26(31(43)44)15-19-16-34-23-6-4-3-5-21(19)23)36-30(42)25(14-18-7-9-20(38)10-8-18)35-28(40)22(32)11-12-27(33)39/h3-10,16-17,22,24-26,34,38H,11-15,32H2,1-2H3,(H2,33,39)(H,35,40)(H,36,42)(H,37,41)(H,43,44). The lowest BCUT2D eigenvalue weighted by Crippen LogP contribution is -2.58. The normalized spacial score (nSPS) is 13.9. The number of phenols is 1. The first-order valence-corrected chi connectivity index (χ1v) is 14.3. The number of aliphatic carboxylic acids is 1. The van der Waals surface area contributed by atoms with Crippen molar-refractivity contribution < 1.29 is 34.2 Å². The molecule has 0 aliphatic rings. The van der Waals surface area contributed by atoms with Crippen LogP contribution in [0.2, 0.25) is 0 Å². The van der Waals surface area contributed by atoms with Crippen LogP contribution in [0.4, 0.5) is 0 Å². The summed E-state index contributed by atoms with van der Waals surface area (Å²) < 4.78 is 0. The first-order valence-electron chi connectivity index (χ1n) is 14.3. The molecule has 0 radical (unpaired) electrons. The Morgan fingerprint density at radius 1 is 0.841 bits per heavy atom. The summed E-state index contributed by atoms with van der Waals surface area (Å²) in [5.74, 6) is -3.99. The number of carbonyl (C=O) groups is 5. The number of carbonyl (C=O) groups excluding carboxylic acids is 4. The molecule has 13 nitrogen and oxygen atoms in total. The molecule has 0 spiro atoms. The number of hydrogen-bond donors (Lipinski definition) is 8. The fourth-order valence-corrected chi connectivity index (χ4v) is 4.75. The SMILES string of the molecule is CC(C)CC(NC(=O)C(Cc1ccc(O)cc1)NC(=O)C(N)CCC(N)=O)C(=O)NC(Cc1c[nH]c2ccccc12)C(=O)O. The Bertz CT molecular complexity index is 1470. The molecular formula is C31H40N6O7. The minimum Gasteiger partial charge on any atom is -0.508 e. The average Bonchev–Trinajstić information content (AvgIpc) is 3.38. The van der Waals surface area contributed by atoms with E-state index in [0.29, 0.717) is 11.1 Å². The minimum atomic E-state index is -1.27. The van der Waals surface area contributed by atoms with E-state index in [4.69, 9.17) is 11.5 Å². The minimum absolute atomic E-state index is 0.00523. The summed E-state index contributed by atoms with van der Waals surface area (Å²) in [7, 11) is 0. The van der Waals surface area contributed by atoms with E-state index in [-0.39, 0.29) is 43.8 Å². The van der Waals surface area contributed by atoms with Crippen molar-refractivity contribution in [1.29, 1.82) is 0 Å². The summed E-state index contributed by atoms with van der Waals surface area (Å²) >= 11 is 0. The van der Waals surface area contributed by atoms with Crippen molar-refractivity contribution in [2.75, 3.05) is 0 Å². The molecular weight excluding hydrogens is 568 g/mol. The van der Waals surface area contributed by atoms with Crippen molar-refractivity contribution in [2.45, 2.75) is 70.1 Å². The molecule has 0 fully saturated rings. The van der Waals surface area contributed by atoms with Crippen LogP contribution >= 0.6 is 0 Å². The summed E-state index contributed by atoms with van der Waals surface area (Å²) in [4.78, 5) is 66.2. The maximum Gasteiger partial charge on any atom is 0.326 e. The van der Waals surface area contributed by atoms with Gasteiger partial charge in [0.15, 0.2) is 0 Å². The van der Waals surface area contributed by atoms with Crippen LogP contribution in [-0.2, 0) is 36.8 Å². The molecule has 0 saturated heterocycles. The van der Waals surface area contributed by atoms with Crippen molar-refractivity contribution in [3.05, 3.63) is 65.9 Å². The number of primary amides is 1. The Balaban J connectivity index is 1.78. The molecule has 0 aliphatic heterocycles. The Morgan fingerprint density at radius 3 is 2.09 bits per heavy atom. The highest BCUT2D eigenvalue weighted by Gasteiger charge is 2.31. The zero-order chi connectivity index (χ0) is 32.4. The van der Waals surface area contributed by atoms with Crippen molar-refractivity contribution in [3.63, 3.8) is 0 Å². The fourth-order valence-electron chi connectivity index (χ4n) is 4.75. The second-order valence-corrected chi connectivity index (χ2v) is 11.2. The largest absolute Gasteiger partial charge is 0.508 e. The lowest BCUT2D eigenvalue weighted by Gasteiger charge is -2.26. The molecule has 10 N–H and O–H groups in total. The van der Waals surface area contributed by atoms with Gasteiger partial charge in [-0.2, -0.15) is 0 Å². The predicted octanol–water partition coefficient (Wildman–Crippen LogP) is 0.837. The molecule has 4 unspecified atom stereocenters. The van der Waals surface area contributed by atoms with Crippen molar-refractivity contribution in [2.24, 2.45) is 17.4 Å². The average molecular weight is 609 g/mol. The van der Waals surface area contributed by atoms with Gasteiger partial charge in [-0.25, -0.2) is 4.79 Å². The van der Waals surface area contributed by atoms with Gasteiger partial charge in [0.25, 0.3) is 0 Å². The number of rotatable bonds is 16. The quantitative estimate of drug-likeness (QED) is 0.116. The first kappa shape index (κ1) is 33.6. The third-order valence-electron chi connectivity index (χ3n) is 7.10. The number of nitrogens with one attached hydrogen (secondary N) is 4. The number of nitrogens with two attached hydrogens (primary N) is 2. The van der Waals surface area contributed by atoms with E-state index in [0.717, 1.165) is 10.9 Å². The predicted molar refractivity (Wildman–Crippen MR) is 163 cm³/mol. The lowest BCUT2D eigenvalue weighted by molar-refractivity contribution is -0.142. The van der Waals surface area contributed by atoms with Gasteiger partial charge >= 0.3 is 5.97 Å². The Labute approximate surface area is 254 Å². The molecule has 1 aromatic heterocycles. The number of aromatic nitrogens is 1. The maximum atomic E-state index is 13.6. The number of hydrogen-bond acceptors (Lipinski definition) is 7. The van der Waals surface area contributed by atoms with Crippen LogP contribution in [-0.4, -0.2) is 69.0 Å². The summed E-state index contributed by atoms with van der Waals surface area (Å²) in [5.41, 5.74) is 13.2. The highest BCUT2D eigenvalue weighted by molar-refractivity contribution is 5.94. The second kappa shape index (κ2) is 15.5. The first-order chi connectivity index (χ1) is 20.8. The molecule has 44 heavy (non-hydrogen) atoms. The van der Waals surface area contributed by atoms with E-state index >= 15 is 0 Å². The number of carboxylic acid groups (broad SMARTS) is 1. The van der Waals surface area contributed by atoms with E-state index in [1.165, 1.54) is 12.1 Å². The number of H-pyrrole nitrogens is 1. The van der Waals surface area contributed by atoms with Gasteiger partial charge in [0, 0.05) is 36.4 Å². The molecule has 0 aliphatic carbocycles. The number of aromatic hydroxyl groups is 1.